The van der Waals surface area contributed by atoms with E-state index in [4.69, 9.17) is 23.6 Å². The Bertz CT molecular complexity index is 1370. The van der Waals surface area contributed by atoms with Gasteiger partial charge in [0, 0.05) is 11.1 Å². The molecule has 2 aliphatic rings. The molecule has 43 heavy (non-hydrogen) atoms. The first kappa shape index (κ1) is 34.4. The quantitative estimate of drug-likeness (QED) is 0.187. The van der Waals surface area contributed by atoms with Crippen molar-refractivity contribution >= 4 is 28.5 Å². The Hall–Kier alpha value is -3.14. The van der Waals surface area contributed by atoms with E-state index in [1.54, 1.807) is 0 Å². The number of benzene rings is 4. The summed E-state index contributed by atoms with van der Waals surface area (Å²) in [6.45, 7) is 2.91. The Balaban J connectivity index is 0.000000231. The molecular formula is C35H42BBrO6. The van der Waals surface area contributed by atoms with Gasteiger partial charge < -0.3 is 28.6 Å². The van der Waals surface area contributed by atoms with E-state index >= 15 is 0 Å². The highest BCUT2D eigenvalue weighted by Crippen LogP contribution is 2.26. The third-order valence-electron chi connectivity index (χ3n) is 6.86. The second-order valence-electron chi connectivity index (χ2n) is 9.93. The molecular weight excluding hydrogens is 607 g/mol. The lowest BCUT2D eigenvalue weighted by Gasteiger charge is -2.23. The van der Waals surface area contributed by atoms with Crippen LogP contribution in [0.4, 0.5) is 0 Å². The summed E-state index contributed by atoms with van der Waals surface area (Å²) in [6.07, 6.45) is 3.23. The fourth-order valence-corrected chi connectivity index (χ4v) is 5.00. The molecule has 1 atom stereocenters. The van der Waals surface area contributed by atoms with Gasteiger partial charge in [-0.15, -0.1) is 0 Å². The summed E-state index contributed by atoms with van der Waals surface area (Å²) in [5.74, 6) is 1.60. The maximum Gasteiger partial charge on any atom is 0.491 e. The Kier molecular flexibility index (Phi) is 14.3. The van der Waals surface area contributed by atoms with Crippen LogP contribution >= 0.6 is 15.9 Å². The molecule has 0 aromatic heterocycles. The molecule has 1 saturated heterocycles. The molecule has 2 aliphatic heterocycles. The van der Waals surface area contributed by atoms with Crippen LogP contribution in [0.1, 0.15) is 56.4 Å². The molecule has 6 rings (SSSR count). The topological polar surface area (TPSA) is 66.4 Å². The summed E-state index contributed by atoms with van der Waals surface area (Å²) in [6, 6.07) is 31.8. The Morgan fingerprint density at radius 2 is 1.40 bits per heavy atom. The van der Waals surface area contributed by atoms with E-state index in [0.29, 0.717) is 26.4 Å². The largest absolute Gasteiger partial charge is 0.491 e. The molecule has 4 aromatic rings. The zero-order valence-corrected chi connectivity index (χ0v) is 24.5. The highest BCUT2D eigenvalue weighted by Gasteiger charge is 2.27. The van der Waals surface area contributed by atoms with Gasteiger partial charge in [0.25, 0.3) is 0 Å². The van der Waals surface area contributed by atoms with Gasteiger partial charge >= 0.3 is 7.12 Å². The van der Waals surface area contributed by atoms with Crippen molar-refractivity contribution in [1.82, 2.24) is 0 Å². The van der Waals surface area contributed by atoms with Crippen LogP contribution in [-0.4, -0.2) is 25.0 Å². The van der Waals surface area contributed by atoms with E-state index in [1.807, 2.05) is 84.9 Å². The molecule has 0 spiro atoms. The molecule has 1 N–H and O–H groups in total. The number of ether oxygens (including phenoxy) is 4. The fourth-order valence-electron chi connectivity index (χ4n) is 4.52. The van der Waals surface area contributed by atoms with E-state index in [-0.39, 0.29) is 21.1 Å². The van der Waals surface area contributed by atoms with E-state index in [2.05, 4.69) is 28.1 Å². The third-order valence-corrected chi connectivity index (χ3v) is 7.60. The van der Waals surface area contributed by atoms with Crippen molar-refractivity contribution in [3.8, 4) is 11.5 Å². The second-order valence-corrected chi connectivity index (χ2v) is 10.8. The maximum absolute atomic E-state index is 9.61. The minimum atomic E-state index is -0.819. The van der Waals surface area contributed by atoms with Crippen molar-refractivity contribution < 1.29 is 28.6 Å². The molecule has 0 amide bonds. The maximum atomic E-state index is 9.61. The number of halogens is 1. The van der Waals surface area contributed by atoms with Gasteiger partial charge in [0.2, 0.25) is 0 Å². The van der Waals surface area contributed by atoms with Crippen LogP contribution < -0.4 is 14.9 Å². The highest BCUT2D eigenvalue weighted by molar-refractivity contribution is 9.10. The molecule has 6 nitrogen and oxygen atoms in total. The first-order chi connectivity index (χ1) is 20.1. The van der Waals surface area contributed by atoms with Crippen LogP contribution in [0.2, 0.25) is 0 Å². The molecule has 8 heteroatoms. The fraction of sp³-hybridized carbons (Fsp3) is 0.314. The van der Waals surface area contributed by atoms with Gasteiger partial charge in [-0.25, -0.2) is 0 Å². The van der Waals surface area contributed by atoms with Gasteiger partial charge in [0.1, 0.15) is 24.7 Å². The predicted octanol–water partition coefficient (Wildman–Crippen LogP) is 7.83. The van der Waals surface area contributed by atoms with Crippen LogP contribution in [-0.2, 0) is 40.6 Å². The highest BCUT2D eigenvalue weighted by atomic mass is 79.9. The van der Waals surface area contributed by atoms with E-state index in [9.17, 15) is 5.02 Å². The minimum Gasteiger partial charge on any atom is -0.489 e. The predicted molar refractivity (Wildman–Crippen MR) is 176 cm³/mol. The van der Waals surface area contributed by atoms with Gasteiger partial charge in [0.05, 0.1) is 13.2 Å². The van der Waals surface area contributed by atoms with Crippen LogP contribution in [0, 0.1) is 0 Å². The molecule has 0 bridgehead atoms. The zero-order valence-electron chi connectivity index (χ0n) is 22.9. The average Bonchev–Trinajstić information content (AvgIpc) is 3.40. The lowest BCUT2D eigenvalue weighted by Crippen LogP contribution is -2.27. The van der Waals surface area contributed by atoms with E-state index in [1.165, 1.54) is 6.42 Å². The summed E-state index contributed by atoms with van der Waals surface area (Å²) < 4.78 is 29.1. The molecule has 228 valence electrons. The normalized spacial score (nSPS) is 15.2. The van der Waals surface area contributed by atoms with Crippen molar-refractivity contribution in [2.24, 2.45) is 0 Å². The van der Waals surface area contributed by atoms with Crippen molar-refractivity contribution in [1.29, 1.82) is 0 Å². The molecule has 0 aliphatic carbocycles. The van der Waals surface area contributed by atoms with E-state index in [0.717, 1.165) is 63.1 Å². The summed E-state index contributed by atoms with van der Waals surface area (Å²) in [7, 11) is -0.819. The standard InChI is InChI=1S/C19H21BrO3.C14H13BO3.2CH4/c20-18-12-17(22-13-15-6-2-1-3-7-15)10-9-16(18)14-23-19-8-4-5-11-21-19;16-15-14-8-13(7-6-12(14)10-18-15)17-9-11-4-2-1-3-5-11;;/h1-3,6-7,9-10,12,19H,4-5,8,11,13-14H2;1-8,16H,9-10H2;2*1H4. The average molecular weight is 649 g/mol. The Morgan fingerprint density at radius 1 is 0.767 bits per heavy atom. The first-order valence-corrected chi connectivity index (χ1v) is 14.7. The van der Waals surface area contributed by atoms with Crippen LogP contribution in [0.15, 0.2) is 102 Å². The third kappa shape index (κ3) is 10.5. The summed E-state index contributed by atoms with van der Waals surface area (Å²) in [5, 5.41) is 9.61. The van der Waals surface area contributed by atoms with Gasteiger partial charge in [-0.2, -0.15) is 0 Å². The van der Waals surface area contributed by atoms with Crippen molar-refractivity contribution in [2.45, 2.75) is 66.8 Å². The molecule has 1 fully saturated rings. The summed E-state index contributed by atoms with van der Waals surface area (Å²) >= 11 is 3.60. The van der Waals surface area contributed by atoms with Gasteiger partial charge in [-0.3, -0.25) is 0 Å². The van der Waals surface area contributed by atoms with Gasteiger partial charge in [-0.05, 0) is 71.2 Å². The van der Waals surface area contributed by atoms with Crippen molar-refractivity contribution in [3.05, 3.63) is 124 Å². The SMILES string of the molecule is Brc1cc(OCc2ccccc2)ccc1COC1CCCCO1.C.C.OB1OCc2ccc(OCc3ccccc3)cc21. The van der Waals surface area contributed by atoms with Crippen LogP contribution in [0.3, 0.4) is 0 Å². The van der Waals surface area contributed by atoms with Crippen LogP contribution in [0.5, 0.6) is 11.5 Å². The number of hydrogen-bond acceptors (Lipinski definition) is 6. The monoisotopic (exact) mass is 648 g/mol. The number of hydrogen-bond donors (Lipinski definition) is 1. The van der Waals surface area contributed by atoms with E-state index < -0.39 is 7.12 Å². The second kappa shape index (κ2) is 17.9. The molecule has 0 saturated carbocycles. The van der Waals surface area contributed by atoms with Gasteiger partial charge in [0.15, 0.2) is 6.29 Å². The van der Waals surface area contributed by atoms with Crippen molar-refractivity contribution in [2.75, 3.05) is 6.61 Å². The summed E-state index contributed by atoms with van der Waals surface area (Å²) in [4.78, 5) is 0. The number of rotatable bonds is 9. The summed E-state index contributed by atoms with van der Waals surface area (Å²) in [5.41, 5.74) is 5.21. The number of fused-ring (bicyclic) bond motifs is 1. The zero-order chi connectivity index (χ0) is 28.3. The van der Waals surface area contributed by atoms with Crippen LogP contribution in [0.25, 0.3) is 0 Å². The molecule has 2 heterocycles. The smallest absolute Gasteiger partial charge is 0.489 e. The van der Waals surface area contributed by atoms with Gasteiger partial charge in [-0.1, -0.05) is 104 Å². The van der Waals surface area contributed by atoms with Crippen molar-refractivity contribution in [3.63, 3.8) is 0 Å². The Morgan fingerprint density at radius 3 is 2.00 bits per heavy atom. The molecule has 0 radical (unpaired) electrons. The Labute approximate surface area is 265 Å². The lowest BCUT2D eigenvalue weighted by atomic mass is 9.79. The lowest BCUT2D eigenvalue weighted by molar-refractivity contribution is -0.169. The first-order valence-electron chi connectivity index (χ1n) is 13.9. The molecule has 1 unspecified atom stereocenters. The molecule has 4 aromatic carbocycles. The minimum absolute atomic E-state index is 0.